The summed E-state index contributed by atoms with van der Waals surface area (Å²) >= 11 is 0. The van der Waals surface area contributed by atoms with E-state index in [2.05, 4.69) is 5.32 Å². The van der Waals surface area contributed by atoms with Crippen LogP contribution in [0.5, 0.6) is 0 Å². The molecule has 0 aliphatic carbocycles. The van der Waals surface area contributed by atoms with E-state index in [0.29, 0.717) is 18.4 Å². The van der Waals surface area contributed by atoms with Crippen LogP contribution in [0.3, 0.4) is 0 Å². The summed E-state index contributed by atoms with van der Waals surface area (Å²) in [5.74, 6) is -1.29. The van der Waals surface area contributed by atoms with Crippen molar-refractivity contribution in [2.75, 3.05) is 6.54 Å². The van der Waals surface area contributed by atoms with E-state index >= 15 is 0 Å². The largest absolute Gasteiger partial charge is 0.481 e. The summed E-state index contributed by atoms with van der Waals surface area (Å²) in [6.07, 6.45) is 1.08. The second-order valence-electron chi connectivity index (χ2n) is 5.86. The van der Waals surface area contributed by atoms with Crippen molar-refractivity contribution in [1.82, 2.24) is 5.32 Å². The van der Waals surface area contributed by atoms with Crippen molar-refractivity contribution in [2.45, 2.75) is 46.5 Å². The van der Waals surface area contributed by atoms with Crippen LogP contribution >= 0.6 is 0 Å². The highest BCUT2D eigenvalue weighted by molar-refractivity contribution is 5.98. The minimum absolute atomic E-state index is 0.0653. The Hall–Kier alpha value is -2.17. The quantitative estimate of drug-likeness (QED) is 0.685. The smallest absolute Gasteiger partial charge is 0.311 e. The molecular formula is C18H25NO4. The lowest BCUT2D eigenvalue weighted by atomic mass is 9.82. The molecule has 1 aromatic rings. The fraction of sp³-hybridized carbons (Fsp3) is 0.500. The minimum Gasteiger partial charge on any atom is -0.481 e. The summed E-state index contributed by atoms with van der Waals surface area (Å²) in [7, 11) is 0. The molecule has 126 valence electrons. The van der Waals surface area contributed by atoms with Crippen LogP contribution in [0.15, 0.2) is 24.3 Å². The predicted octanol–water partition coefficient (Wildman–Crippen LogP) is 2.97. The molecule has 1 aromatic carbocycles. The Morgan fingerprint density at radius 2 is 1.61 bits per heavy atom. The molecule has 0 heterocycles. The zero-order chi connectivity index (χ0) is 17.5. The fourth-order valence-corrected chi connectivity index (χ4v) is 2.35. The van der Waals surface area contributed by atoms with Gasteiger partial charge in [-0.25, -0.2) is 0 Å². The number of aryl methyl sites for hydroxylation is 1. The number of benzene rings is 1. The zero-order valence-electron chi connectivity index (χ0n) is 14.0. The van der Waals surface area contributed by atoms with Crippen LogP contribution in [0, 0.1) is 12.3 Å². The SMILES string of the molecule is CCC(CC)(CNC(=O)CCC(=O)c1ccc(C)cc1)C(=O)O. The van der Waals surface area contributed by atoms with Crippen LogP contribution in [-0.2, 0) is 9.59 Å². The number of ketones is 1. The molecule has 0 spiro atoms. The molecule has 0 saturated carbocycles. The van der Waals surface area contributed by atoms with E-state index in [0.717, 1.165) is 5.56 Å². The fourth-order valence-electron chi connectivity index (χ4n) is 2.35. The van der Waals surface area contributed by atoms with Crippen LogP contribution in [-0.4, -0.2) is 29.3 Å². The Labute approximate surface area is 137 Å². The maximum atomic E-state index is 12.0. The molecular weight excluding hydrogens is 294 g/mol. The first kappa shape index (κ1) is 18.9. The molecule has 1 rings (SSSR count). The summed E-state index contributed by atoms with van der Waals surface area (Å²) in [4.78, 5) is 35.3. The normalized spacial score (nSPS) is 11.1. The second-order valence-corrected chi connectivity index (χ2v) is 5.86. The van der Waals surface area contributed by atoms with Crippen molar-refractivity contribution in [2.24, 2.45) is 5.41 Å². The molecule has 0 unspecified atom stereocenters. The van der Waals surface area contributed by atoms with Gasteiger partial charge in [0.1, 0.15) is 0 Å². The third-order valence-corrected chi connectivity index (χ3v) is 4.38. The lowest BCUT2D eigenvalue weighted by molar-refractivity contribution is -0.149. The van der Waals surface area contributed by atoms with E-state index in [1.54, 1.807) is 26.0 Å². The van der Waals surface area contributed by atoms with Gasteiger partial charge >= 0.3 is 5.97 Å². The van der Waals surface area contributed by atoms with Gasteiger partial charge in [0.2, 0.25) is 5.91 Å². The highest BCUT2D eigenvalue weighted by Gasteiger charge is 2.35. The summed E-state index contributed by atoms with van der Waals surface area (Å²) in [5, 5.41) is 12.0. The Morgan fingerprint density at radius 1 is 1.04 bits per heavy atom. The number of hydrogen-bond donors (Lipinski definition) is 2. The van der Waals surface area contributed by atoms with Gasteiger partial charge in [-0.15, -0.1) is 0 Å². The van der Waals surface area contributed by atoms with Gasteiger partial charge in [-0.1, -0.05) is 43.7 Å². The highest BCUT2D eigenvalue weighted by Crippen LogP contribution is 2.25. The number of hydrogen-bond acceptors (Lipinski definition) is 3. The topological polar surface area (TPSA) is 83.5 Å². The number of carboxylic acid groups (broad SMARTS) is 1. The van der Waals surface area contributed by atoms with Crippen molar-refractivity contribution in [3.05, 3.63) is 35.4 Å². The van der Waals surface area contributed by atoms with Crippen LogP contribution in [0.1, 0.15) is 55.5 Å². The highest BCUT2D eigenvalue weighted by atomic mass is 16.4. The van der Waals surface area contributed by atoms with Gasteiger partial charge in [-0.2, -0.15) is 0 Å². The van der Waals surface area contributed by atoms with Gasteiger partial charge in [0, 0.05) is 24.9 Å². The average Bonchev–Trinajstić information content (AvgIpc) is 2.54. The third-order valence-electron chi connectivity index (χ3n) is 4.38. The van der Waals surface area contributed by atoms with Crippen molar-refractivity contribution < 1.29 is 19.5 Å². The monoisotopic (exact) mass is 319 g/mol. The predicted molar refractivity (Wildman–Crippen MR) is 88.4 cm³/mol. The van der Waals surface area contributed by atoms with E-state index < -0.39 is 11.4 Å². The standard InChI is InChI=1S/C18H25NO4/c1-4-18(5-2,17(22)23)12-19-16(21)11-10-15(20)14-8-6-13(3)7-9-14/h6-9H,4-5,10-12H2,1-3H3,(H,19,21)(H,22,23). The number of carbonyl (C=O) groups excluding carboxylic acids is 2. The van der Waals surface area contributed by atoms with Crippen LogP contribution in [0.4, 0.5) is 0 Å². The van der Waals surface area contributed by atoms with Gasteiger partial charge in [0.25, 0.3) is 0 Å². The third kappa shape index (κ3) is 5.20. The maximum absolute atomic E-state index is 12.0. The summed E-state index contributed by atoms with van der Waals surface area (Å²) in [6, 6.07) is 7.21. The van der Waals surface area contributed by atoms with E-state index in [1.165, 1.54) is 0 Å². The van der Waals surface area contributed by atoms with Crippen molar-refractivity contribution in [3.63, 3.8) is 0 Å². The number of rotatable bonds is 9. The Morgan fingerprint density at radius 3 is 2.09 bits per heavy atom. The Kier molecular flexibility index (Phi) is 6.94. The molecule has 0 aliphatic rings. The summed E-state index contributed by atoms with van der Waals surface area (Å²) in [5.41, 5.74) is 0.727. The lowest BCUT2D eigenvalue weighted by Gasteiger charge is -2.26. The van der Waals surface area contributed by atoms with Gasteiger partial charge < -0.3 is 10.4 Å². The zero-order valence-corrected chi connectivity index (χ0v) is 14.0. The Bertz CT molecular complexity index is 559. The first-order chi connectivity index (χ1) is 10.8. The lowest BCUT2D eigenvalue weighted by Crippen LogP contribution is -2.42. The van der Waals surface area contributed by atoms with Crippen molar-refractivity contribution in [3.8, 4) is 0 Å². The molecule has 1 amide bonds. The maximum Gasteiger partial charge on any atom is 0.311 e. The number of nitrogens with one attached hydrogen (secondary N) is 1. The first-order valence-electron chi connectivity index (χ1n) is 7.94. The number of aliphatic carboxylic acids is 1. The minimum atomic E-state index is -0.934. The van der Waals surface area contributed by atoms with E-state index in [9.17, 15) is 19.5 Å². The molecule has 0 fully saturated rings. The van der Waals surface area contributed by atoms with Gasteiger partial charge in [0.15, 0.2) is 5.78 Å². The molecule has 0 radical (unpaired) electrons. The molecule has 0 bridgehead atoms. The average molecular weight is 319 g/mol. The molecule has 0 aromatic heterocycles. The Balaban J connectivity index is 2.49. The molecule has 2 N–H and O–H groups in total. The van der Waals surface area contributed by atoms with Gasteiger partial charge in [0.05, 0.1) is 5.41 Å². The van der Waals surface area contributed by atoms with E-state index in [4.69, 9.17) is 0 Å². The number of amides is 1. The molecule has 5 heteroatoms. The van der Waals surface area contributed by atoms with E-state index in [-0.39, 0.29) is 31.1 Å². The molecule has 0 atom stereocenters. The second kappa shape index (κ2) is 8.46. The number of Topliss-reactive ketones (excluding diaryl/α,β-unsaturated/α-hetero) is 1. The molecule has 0 aliphatic heterocycles. The number of carbonyl (C=O) groups is 3. The molecule has 0 saturated heterocycles. The van der Waals surface area contributed by atoms with Crippen LogP contribution in [0.25, 0.3) is 0 Å². The van der Waals surface area contributed by atoms with E-state index in [1.807, 2.05) is 19.1 Å². The number of carboxylic acids is 1. The van der Waals surface area contributed by atoms with Crippen LogP contribution < -0.4 is 5.32 Å². The summed E-state index contributed by atoms with van der Waals surface area (Å²) < 4.78 is 0. The molecule has 23 heavy (non-hydrogen) atoms. The van der Waals surface area contributed by atoms with Gasteiger partial charge in [-0.05, 0) is 19.8 Å². The van der Waals surface area contributed by atoms with Crippen LogP contribution in [0.2, 0.25) is 0 Å². The summed E-state index contributed by atoms with van der Waals surface area (Å²) in [6.45, 7) is 5.63. The molecule has 5 nitrogen and oxygen atoms in total. The first-order valence-corrected chi connectivity index (χ1v) is 7.94. The van der Waals surface area contributed by atoms with Crippen molar-refractivity contribution >= 4 is 17.7 Å². The van der Waals surface area contributed by atoms with Crippen molar-refractivity contribution in [1.29, 1.82) is 0 Å². The van der Waals surface area contributed by atoms with Gasteiger partial charge in [-0.3, -0.25) is 14.4 Å².